The van der Waals surface area contributed by atoms with Crippen LogP contribution < -0.4 is 27.8 Å². The van der Waals surface area contributed by atoms with Crippen LogP contribution in [0.25, 0.3) is 0 Å². The summed E-state index contributed by atoms with van der Waals surface area (Å²) < 4.78 is 0. The van der Waals surface area contributed by atoms with Gasteiger partial charge in [0.25, 0.3) is 0 Å². The predicted molar refractivity (Wildman–Crippen MR) is 94.7 cm³/mol. The Kier molecular flexibility index (Phi) is 11.0. The van der Waals surface area contributed by atoms with Crippen molar-refractivity contribution in [3.63, 3.8) is 0 Å². The maximum Gasteiger partial charge on any atom is 0.326 e. The van der Waals surface area contributed by atoms with E-state index in [1.54, 1.807) is 6.26 Å². The van der Waals surface area contributed by atoms with Gasteiger partial charge in [-0.05, 0) is 24.9 Å². The van der Waals surface area contributed by atoms with Crippen LogP contribution in [0.2, 0.25) is 0 Å². The molecule has 0 rings (SSSR count). The molecule has 0 spiro atoms. The summed E-state index contributed by atoms with van der Waals surface area (Å²) in [4.78, 5) is 57.2. The maximum absolute atomic E-state index is 12.3. The molecular formula is C14H25N5O6S. The fourth-order valence-corrected chi connectivity index (χ4v) is 2.38. The van der Waals surface area contributed by atoms with Crippen molar-refractivity contribution < 1.29 is 29.1 Å². The summed E-state index contributed by atoms with van der Waals surface area (Å²) in [6.07, 6.45) is 1.22. The highest BCUT2D eigenvalue weighted by atomic mass is 32.2. The van der Waals surface area contributed by atoms with Crippen LogP contribution >= 0.6 is 11.8 Å². The predicted octanol–water partition coefficient (Wildman–Crippen LogP) is -2.74. The van der Waals surface area contributed by atoms with Crippen LogP contribution in [0.5, 0.6) is 0 Å². The van der Waals surface area contributed by atoms with Crippen molar-refractivity contribution in [3.8, 4) is 0 Å². The van der Waals surface area contributed by atoms with Gasteiger partial charge in [-0.3, -0.25) is 19.2 Å². The highest BCUT2D eigenvalue weighted by Crippen LogP contribution is 2.04. The minimum Gasteiger partial charge on any atom is -0.480 e. The van der Waals surface area contributed by atoms with Crippen molar-refractivity contribution in [1.82, 2.24) is 10.6 Å². The van der Waals surface area contributed by atoms with Crippen LogP contribution in [-0.4, -0.2) is 64.8 Å². The van der Waals surface area contributed by atoms with Crippen molar-refractivity contribution >= 4 is 41.4 Å². The first kappa shape index (κ1) is 23.7. The van der Waals surface area contributed by atoms with Gasteiger partial charge in [0.2, 0.25) is 23.6 Å². The van der Waals surface area contributed by atoms with Crippen LogP contribution in [0.4, 0.5) is 0 Å². The molecule has 0 aromatic carbocycles. The molecule has 0 aromatic rings. The maximum atomic E-state index is 12.3. The van der Waals surface area contributed by atoms with Crippen LogP contribution in [0.15, 0.2) is 0 Å². The topological polar surface area (TPSA) is 208 Å². The third kappa shape index (κ3) is 9.84. The van der Waals surface area contributed by atoms with Crippen LogP contribution in [-0.2, 0) is 24.0 Å². The molecule has 4 amide bonds. The van der Waals surface area contributed by atoms with Crippen molar-refractivity contribution in [3.05, 3.63) is 0 Å². The van der Waals surface area contributed by atoms with E-state index in [0.717, 1.165) is 0 Å². The number of nitrogens with two attached hydrogens (primary N) is 3. The van der Waals surface area contributed by atoms with Gasteiger partial charge in [-0.1, -0.05) is 0 Å². The van der Waals surface area contributed by atoms with Gasteiger partial charge in [0.15, 0.2) is 0 Å². The van der Waals surface area contributed by atoms with E-state index in [9.17, 15) is 24.0 Å². The second kappa shape index (κ2) is 12.1. The molecule has 0 heterocycles. The van der Waals surface area contributed by atoms with Crippen LogP contribution in [0, 0.1) is 0 Å². The summed E-state index contributed by atoms with van der Waals surface area (Å²) in [5.74, 6) is -3.79. The quantitative estimate of drug-likeness (QED) is 0.193. The SMILES string of the molecule is CSCCC(NC(=O)C(N)CC(N)=O)C(=O)NC(CCC(N)=O)C(=O)O. The first-order valence-corrected chi connectivity index (χ1v) is 9.12. The fraction of sp³-hybridized carbons (Fsp3) is 0.643. The zero-order valence-corrected chi connectivity index (χ0v) is 15.2. The Bertz CT molecular complexity index is 544. The second-order valence-electron chi connectivity index (χ2n) is 5.52. The lowest BCUT2D eigenvalue weighted by atomic mass is 10.1. The Hall–Kier alpha value is -2.34. The Morgan fingerprint density at radius 2 is 1.54 bits per heavy atom. The molecule has 26 heavy (non-hydrogen) atoms. The number of carbonyl (C=O) groups excluding carboxylic acids is 4. The van der Waals surface area contributed by atoms with Gasteiger partial charge < -0.3 is 32.9 Å². The number of thioether (sulfide) groups is 1. The zero-order valence-electron chi connectivity index (χ0n) is 14.4. The second-order valence-corrected chi connectivity index (χ2v) is 6.51. The van der Waals surface area contributed by atoms with Gasteiger partial charge >= 0.3 is 5.97 Å². The fourth-order valence-electron chi connectivity index (χ4n) is 1.91. The molecule has 11 nitrogen and oxygen atoms in total. The first-order valence-electron chi connectivity index (χ1n) is 7.73. The molecular weight excluding hydrogens is 366 g/mol. The van der Waals surface area contributed by atoms with Gasteiger partial charge in [0.05, 0.1) is 12.5 Å². The van der Waals surface area contributed by atoms with E-state index in [4.69, 9.17) is 22.3 Å². The lowest BCUT2D eigenvalue weighted by molar-refractivity contribution is -0.142. The highest BCUT2D eigenvalue weighted by molar-refractivity contribution is 7.98. The Balaban J connectivity index is 4.99. The number of amides is 4. The van der Waals surface area contributed by atoms with E-state index in [2.05, 4.69) is 10.6 Å². The molecule has 0 aromatic heterocycles. The summed E-state index contributed by atoms with van der Waals surface area (Å²) in [6, 6.07) is -3.60. The highest BCUT2D eigenvalue weighted by Gasteiger charge is 2.28. The largest absolute Gasteiger partial charge is 0.480 e. The van der Waals surface area contributed by atoms with E-state index in [1.807, 2.05) is 0 Å². The van der Waals surface area contributed by atoms with Gasteiger partial charge in [-0.2, -0.15) is 11.8 Å². The van der Waals surface area contributed by atoms with Crippen molar-refractivity contribution in [2.45, 2.75) is 43.8 Å². The van der Waals surface area contributed by atoms with E-state index in [1.165, 1.54) is 11.8 Å². The zero-order chi connectivity index (χ0) is 20.3. The average Bonchev–Trinajstić information content (AvgIpc) is 2.53. The molecule has 0 saturated carbocycles. The molecule has 0 fully saturated rings. The standard InChI is InChI=1S/C14H25N5O6S/c1-26-5-4-8(18-12(22)7(15)6-11(17)21)13(23)19-9(14(24)25)2-3-10(16)20/h7-9H,2-6,15H2,1H3,(H2,16,20)(H2,17,21)(H,18,22)(H,19,23)(H,24,25). The van der Waals surface area contributed by atoms with Crippen LogP contribution in [0.3, 0.4) is 0 Å². The average molecular weight is 391 g/mol. The van der Waals surface area contributed by atoms with Gasteiger partial charge in [0.1, 0.15) is 12.1 Å². The van der Waals surface area contributed by atoms with Crippen molar-refractivity contribution in [2.24, 2.45) is 17.2 Å². The van der Waals surface area contributed by atoms with Crippen molar-refractivity contribution in [2.75, 3.05) is 12.0 Å². The molecule has 148 valence electrons. The number of carboxylic acid groups (broad SMARTS) is 1. The summed E-state index contributed by atoms with van der Waals surface area (Å²) in [5.41, 5.74) is 15.5. The smallest absolute Gasteiger partial charge is 0.326 e. The minimum absolute atomic E-state index is 0.180. The molecule has 3 unspecified atom stereocenters. The molecule has 9 N–H and O–H groups in total. The Morgan fingerprint density at radius 1 is 0.962 bits per heavy atom. The van der Waals surface area contributed by atoms with Crippen LogP contribution in [0.1, 0.15) is 25.7 Å². The van der Waals surface area contributed by atoms with E-state index in [-0.39, 0.29) is 25.7 Å². The lowest BCUT2D eigenvalue weighted by Crippen LogP contribution is -2.55. The number of carboxylic acids is 1. The number of aliphatic carboxylic acids is 1. The Labute approximate surface area is 154 Å². The third-order valence-electron chi connectivity index (χ3n) is 3.30. The third-order valence-corrected chi connectivity index (χ3v) is 3.94. The van der Waals surface area contributed by atoms with Gasteiger partial charge in [-0.25, -0.2) is 4.79 Å². The summed E-state index contributed by atoms with van der Waals surface area (Å²) in [7, 11) is 0. The minimum atomic E-state index is -1.33. The van der Waals surface area contributed by atoms with E-state index in [0.29, 0.717) is 5.75 Å². The molecule has 0 aliphatic heterocycles. The number of nitrogens with one attached hydrogen (secondary N) is 2. The number of rotatable bonds is 13. The Morgan fingerprint density at radius 3 is 2.00 bits per heavy atom. The van der Waals surface area contributed by atoms with Gasteiger partial charge in [-0.15, -0.1) is 0 Å². The van der Waals surface area contributed by atoms with Crippen molar-refractivity contribution in [1.29, 1.82) is 0 Å². The first-order chi connectivity index (χ1) is 12.1. The lowest BCUT2D eigenvalue weighted by Gasteiger charge is -2.22. The van der Waals surface area contributed by atoms with E-state index < -0.39 is 47.7 Å². The molecule has 3 atom stereocenters. The molecule has 0 radical (unpaired) electrons. The monoisotopic (exact) mass is 391 g/mol. The number of carbonyl (C=O) groups is 5. The number of hydrogen-bond acceptors (Lipinski definition) is 7. The summed E-state index contributed by atoms with van der Waals surface area (Å²) in [6.45, 7) is 0. The normalized spacial score (nSPS) is 13.9. The molecule has 0 bridgehead atoms. The number of primary amides is 2. The summed E-state index contributed by atoms with van der Waals surface area (Å²) >= 11 is 1.42. The molecule has 0 saturated heterocycles. The molecule has 0 aliphatic carbocycles. The summed E-state index contributed by atoms with van der Waals surface area (Å²) in [5, 5.41) is 13.8. The number of hydrogen-bond donors (Lipinski definition) is 6. The molecule has 0 aliphatic rings. The molecule has 12 heteroatoms. The van der Waals surface area contributed by atoms with E-state index >= 15 is 0 Å². The van der Waals surface area contributed by atoms with Gasteiger partial charge in [0, 0.05) is 6.42 Å².